The number of nitrogens with zero attached hydrogens (tertiary/aromatic N) is 1. The van der Waals surface area contributed by atoms with Gasteiger partial charge >= 0.3 is 0 Å². The smallest absolute Gasteiger partial charge is 0.127 e. The number of phenols is 1. The van der Waals surface area contributed by atoms with Crippen LogP contribution < -0.4 is 4.74 Å². The number of rotatable bonds is 3. The number of aliphatic hydroxyl groups excluding tert-OH is 2. The number of fused-ring (bicyclic) bond motifs is 3. The second-order valence-corrected chi connectivity index (χ2v) is 11.4. The van der Waals surface area contributed by atoms with Gasteiger partial charge in [0.15, 0.2) is 0 Å². The van der Waals surface area contributed by atoms with E-state index in [2.05, 4.69) is 51.7 Å². The first-order valence-corrected chi connectivity index (χ1v) is 11.8. The van der Waals surface area contributed by atoms with Crippen LogP contribution >= 0.6 is 0 Å². The van der Waals surface area contributed by atoms with E-state index in [0.29, 0.717) is 18.8 Å². The number of ether oxygens (including phenoxy) is 1. The molecular weight excluding hydrogens is 390 g/mol. The van der Waals surface area contributed by atoms with Gasteiger partial charge in [0.05, 0.1) is 12.2 Å². The van der Waals surface area contributed by atoms with Crippen LogP contribution in [0.3, 0.4) is 0 Å². The number of aliphatic hydroxyl groups is 2. The molecule has 31 heavy (non-hydrogen) atoms. The molecule has 5 nitrogen and oxygen atoms in total. The average Bonchev–Trinajstić information content (AvgIpc) is 2.66. The van der Waals surface area contributed by atoms with Crippen molar-refractivity contribution in [2.75, 3.05) is 19.6 Å². The van der Waals surface area contributed by atoms with E-state index in [9.17, 15) is 15.3 Å². The summed E-state index contributed by atoms with van der Waals surface area (Å²) in [7, 11) is 0. The zero-order valence-electron chi connectivity index (χ0n) is 19.7. The summed E-state index contributed by atoms with van der Waals surface area (Å²) >= 11 is 0. The summed E-state index contributed by atoms with van der Waals surface area (Å²) < 4.78 is 6.45. The van der Waals surface area contributed by atoms with Gasteiger partial charge in [-0.1, -0.05) is 26.8 Å². The molecule has 1 fully saturated rings. The molecule has 2 aliphatic heterocycles. The summed E-state index contributed by atoms with van der Waals surface area (Å²) in [5.41, 5.74) is 2.58. The maximum absolute atomic E-state index is 11.0. The van der Waals surface area contributed by atoms with E-state index in [-0.39, 0.29) is 29.0 Å². The lowest BCUT2D eigenvalue weighted by molar-refractivity contribution is 0.00368. The highest BCUT2D eigenvalue weighted by Gasteiger charge is 2.47. The summed E-state index contributed by atoms with van der Waals surface area (Å²) in [6.45, 7) is 12.8. The minimum atomic E-state index is -0.545. The van der Waals surface area contributed by atoms with E-state index >= 15 is 0 Å². The predicted molar refractivity (Wildman–Crippen MR) is 123 cm³/mol. The van der Waals surface area contributed by atoms with Gasteiger partial charge in [0, 0.05) is 30.5 Å². The Balaban J connectivity index is 1.60. The number of hydrogen-bond donors (Lipinski definition) is 3. The molecule has 0 spiro atoms. The number of piperidine rings is 1. The van der Waals surface area contributed by atoms with Crippen molar-refractivity contribution < 1.29 is 20.1 Å². The molecule has 0 saturated carbocycles. The SMILES string of the molecule is CC(C)(C)c1cc(O)c2c(c1)OC(C)(C)[C@@H]1CC=C(C(O)CN3CCCC(O)C3)C[C@@H]21. The van der Waals surface area contributed by atoms with Crippen molar-refractivity contribution in [2.45, 2.75) is 89.4 Å². The Kier molecular flexibility index (Phi) is 5.91. The van der Waals surface area contributed by atoms with Crippen LogP contribution in [-0.2, 0) is 5.41 Å². The third-order valence-corrected chi connectivity index (χ3v) is 7.54. The van der Waals surface area contributed by atoms with Crippen LogP contribution in [0.4, 0.5) is 0 Å². The highest BCUT2D eigenvalue weighted by Crippen LogP contribution is 2.55. The van der Waals surface area contributed by atoms with E-state index in [4.69, 9.17) is 4.74 Å². The van der Waals surface area contributed by atoms with Gasteiger partial charge in [-0.2, -0.15) is 0 Å². The predicted octanol–water partition coefficient (Wildman–Crippen LogP) is 4.10. The van der Waals surface area contributed by atoms with E-state index in [0.717, 1.165) is 54.7 Å². The molecule has 0 bridgehead atoms. The molecule has 2 heterocycles. The topological polar surface area (TPSA) is 73.2 Å². The normalized spacial score (nSPS) is 29.4. The van der Waals surface area contributed by atoms with Gasteiger partial charge in [-0.25, -0.2) is 0 Å². The molecule has 1 aliphatic carbocycles. The van der Waals surface area contributed by atoms with Crippen molar-refractivity contribution in [2.24, 2.45) is 5.92 Å². The molecule has 3 N–H and O–H groups in total. The largest absolute Gasteiger partial charge is 0.508 e. The highest BCUT2D eigenvalue weighted by atomic mass is 16.5. The Bertz CT molecular complexity index is 854. The van der Waals surface area contributed by atoms with Crippen LogP contribution in [0.5, 0.6) is 11.5 Å². The number of hydrogen-bond acceptors (Lipinski definition) is 5. The fourth-order valence-electron chi connectivity index (χ4n) is 5.69. The zero-order chi connectivity index (χ0) is 22.6. The Hall–Kier alpha value is -1.56. The van der Waals surface area contributed by atoms with Crippen molar-refractivity contribution in [3.8, 4) is 11.5 Å². The average molecular weight is 430 g/mol. The summed E-state index contributed by atoms with van der Waals surface area (Å²) in [5, 5.41) is 32.0. The summed E-state index contributed by atoms with van der Waals surface area (Å²) in [4.78, 5) is 2.17. The Morgan fingerprint density at radius 2 is 2.00 bits per heavy atom. The van der Waals surface area contributed by atoms with Crippen LogP contribution in [0.15, 0.2) is 23.8 Å². The maximum atomic E-state index is 11.0. The number of phenolic OH excluding ortho intramolecular Hbond substituents is 1. The van der Waals surface area contributed by atoms with Gasteiger partial charge in [-0.05, 0) is 74.8 Å². The number of aromatic hydroxyl groups is 1. The Morgan fingerprint density at radius 1 is 1.26 bits per heavy atom. The van der Waals surface area contributed by atoms with Gasteiger partial charge in [-0.3, -0.25) is 4.90 Å². The van der Waals surface area contributed by atoms with Crippen LogP contribution in [0.1, 0.15) is 77.3 Å². The number of allylic oxidation sites excluding steroid dienone is 1. The summed E-state index contributed by atoms with van der Waals surface area (Å²) in [5.74, 6) is 1.46. The third-order valence-electron chi connectivity index (χ3n) is 7.54. The van der Waals surface area contributed by atoms with Crippen LogP contribution in [0.2, 0.25) is 0 Å². The molecular formula is C26H39NO4. The molecule has 1 aromatic rings. The zero-order valence-corrected chi connectivity index (χ0v) is 19.7. The molecule has 2 unspecified atom stereocenters. The molecule has 0 aromatic heterocycles. The van der Waals surface area contributed by atoms with Crippen molar-refractivity contribution in [1.82, 2.24) is 4.90 Å². The fourth-order valence-corrected chi connectivity index (χ4v) is 5.69. The molecule has 4 rings (SSSR count). The van der Waals surface area contributed by atoms with E-state index < -0.39 is 6.10 Å². The van der Waals surface area contributed by atoms with Gasteiger partial charge < -0.3 is 20.1 Å². The quantitative estimate of drug-likeness (QED) is 0.631. The van der Waals surface area contributed by atoms with Crippen molar-refractivity contribution in [1.29, 1.82) is 0 Å². The van der Waals surface area contributed by atoms with Crippen molar-refractivity contribution >= 4 is 0 Å². The monoisotopic (exact) mass is 429 g/mol. The molecule has 4 atom stereocenters. The lowest BCUT2D eigenvalue weighted by atomic mass is 9.66. The maximum Gasteiger partial charge on any atom is 0.127 e. The van der Waals surface area contributed by atoms with E-state index in [1.165, 1.54) is 0 Å². The second kappa shape index (κ2) is 8.09. The van der Waals surface area contributed by atoms with Crippen LogP contribution in [-0.4, -0.2) is 57.7 Å². The van der Waals surface area contributed by atoms with E-state index in [1.807, 2.05) is 6.07 Å². The van der Waals surface area contributed by atoms with Gasteiger partial charge in [0.2, 0.25) is 0 Å². The van der Waals surface area contributed by atoms with Crippen LogP contribution in [0.25, 0.3) is 0 Å². The summed E-state index contributed by atoms with van der Waals surface area (Å²) in [6.07, 6.45) is 4.72. The lowest BCUT2D eigenvalue weighted by Crippen LogP contribution is -2.47. The first-order chi connectivity index (χ1) is 14.5. The second-order valence-electron chi connectivity index (χ2n) is 11.4. The molecule has 0 amide bonds. The minimum absolute atomic E-state index is 0.0797. The fraction of sp³-hybridized carbons (Fsp3) is 0.692. The van der Waals surface area contributed by atoms with Crippen LogP contribution in [0, 0.1) is 5.92 Å². The molecule has 172 valence electrons. The first kappa shape index (κ1) is 22.6. The van der Waals surface area contributed by atoms with Gasteiger partial charge in [0.25, 0.3) is 0 Å². The first-order valence-electron chi connectivity index (χ1n) is 11.8. The number of β-amino-alcohol motifs (C(OH)–C–C–N with tert-alkyl or cyclic N) is 2. The molecule has 0 radical (unpaired) electrons. The molecule has 1 saturated heterocycles. The third kappa shape index (κ3) is 4.50. The standard InChI is InChI=1S/C26H39NO4/c1-25(2,3)17-12-21(29)24-19-11-16(22(30)15-27-10-6-7-18(28)14-27)8-9-20(19)26(4,5)31-23(24)13-17/h8,12-13,18-20,22,28-30H,6-7,9-11,14-15H2,1-5H3/t18?,19-,20-,22?/m1/s1. The molecule has 1 aromatic carbocycles. The van der Waals surface area contributed by atoms with Gasteiger partial charge in [-0.15, -0.1) is 0 Å². The number of likely N-dealkylation sites (tertiary alicyclic amines) is 1. The molecule has 3 aliphatic rings. The minimum Gasteiger partial charge on any atom is -0.508 e. The lowest BCUT2D eigenvalue weighted by Gasteiger charge is -2.48. The van der Waals surface area contributed by atoms with Crippen molar-refractivity contribution in [3.63, 3.8) is 0 Å². The molecule has 5 heteroatoms. The van der Waals surface area contributed by atoms with Crippen molar-refractivity contribution in [3.05, 3.63) is 34.9 Å². The Morgan fingerprint density at radius 3 is 2.68 bits per heavy atom. The summed E-state index contributed by atoms with van der Waals surface area (Å²) in [6, 6.07) is 3.98. The highest BCUT2D eigenvalue weighted by molar-refractivity contribution is 5.54. The Labute approximate surface area is 186 Å². The van der Waals surface area contributed by atoms with E-state index in [1.54, 1.807) is 0 Å². The van der Waals surface area contributed by atoms with Gasteiger partial charge in [0.1, 0.15) is 17.1 Å². The number of benzene rings is 1.